The Balaban J connectivity index is 1.46. The summed E-state index contributed by atoms with van der Waals surface area (Å²) in [4.78, 5) is 23.2. The lowest BCUT2D eigenvalue weighted by atomic mass is 9.98. The average Bonchev–Trinajstić information content (AvgIpc) is 3.15. The monoisotopic (exact) mass is 488 g/mol. The standard InChI is InChI=1S/C29H32N2O3S/c1-17-13-18(2)22(19(3)14-17)16-34-23-12-11-20(15-24(23)33-4)27-30-28(32)26-21-9-7-5-6-8-10-25(21)35-29(26)31-27/h11-15H,5-10,16H2,1-4H3,(H,30,31,32). The summed E-state index contributed by atoms with van der Waals surface area (Å²) < 4.78 is 11.8. The highest BCUT2D eigenvalue weighted by Crippen LogP contribution is 2.35. The third-order valence-corrected chi connectivity index (χ3v) is 8.16. The number of aromatic amines is 1. The lowest BCUT2D eigenvalue weighted by Gasteiger charge is -2.15. The lowest BCUT2D eigenvalue weighted by molar-refractivity contribution is 0.283. The molecule has 0 saturated heterocycles. The van der Waals surface area contributed by atoms with Crippen molar-refractivity contribution in [3.8, 4) is 22.9 Å². The molecule has 2 aromatic carbocycles. The third kappa shape index (κ3) is 4.72. The van der Waals surface area contributed by atoms with Gasteiger partial charge in [0.25, 0.3) is 5.56 Å². The van der Waals surface area contributed by atoms with E-state index in [2.05, 4.69) is 37.9 Å². The van der Waals surface area contributed by atoms with E-state index < -0.39 is 0 Å². The van der Waals surface area contributed by atoms with Crippen LogP contribution in [0.5, 0.6) is 11.5 Å². The maximum absolute atomic E-state index is 13.1. The largest absolute Gasteiger partial charge is 0.493 e. The van der Waals surface area contributed by atoms with Crippen molar-refractivity contribution in [1.29, 1.82) is 0 Å². The van der Waals surface area contributed by atoms with Crippen molar-refractivity contribution in [1.82, 2.24) is 9.97 Å². The van der Waals surface area contributed by atoms with Crippen LogP contribution in [0, 0.1) is 20.8 Å². The van der Waals surface area contributed by atoms with Crippen LogP contribution >= 0.6 is 11.3 Å². The van der Waals surface area contributed by atoms with Crippen molar-refractivity contribution in [2.75, 3.05) is 7.11 Å². The lowest BCUT2D eigenvalue weighted by Crippen LogP contribution is -2.10. The molecule has 5 rings (SSSR count). The molecular formula is C29H32N2O3S. The van der Waals surface area contributed by atoms with E-state index >= 15 is 0 Å². The predicted molar refractivity (Wildman–Crippen MR) is 143 cm³/mol. The summed E-state index contributed by atoms with van der Waals surface area (Å²) in [7, 11) is 1.63. The Bertz CT molecular complexity index is 1430. The van der Waals surface area contributed by atoms with Crippen LogP contribution < -0.4 is 15.0 Å². The van der Waals surface area contributed by atoms with Crippen molar-refractivity contribution < 1.29 is 9.47 Å². The number of benzene rings is 2. The highest BCUT2D eigenvalue weighted by Gasteiger charge is 2.19. The summed E-state index contributed by atoms with van der Waals surface area (Å²) in [5, 5.41) is 0.784. The van der Waals surface area contributed by atoms with Gasteiger partial charge in [0.15, 0.2) is 11.5 Å². The molecule has 6 heteroatoms. The zero-order valence-corrected chi connectivity index (χ0v) is 21.7. The van der Waals surface area contributed by atoms with E-state index in [4.69, 9.17) is 14.5 Å². The summed E-state index contributed by atoms with van der Waals surface area (Å²) in [6, 6.07) is 10.1. The smallest absolute Gasteiger partial charge is 0.260 e. The Hall–Kier alpha value is -3.12. The van der Waals surface area contributed by atoms with E-state index in [-0.39, 0.29) is 5.56 Å². The van der Waals surface area contributed by atoms with Gasteiger partial charge in [-0.25, -0.2) is 4.98 Å². The molecule has 0 atom stereocenters. The first-order valence-electron chi connectivity index (χ1n) is 12.4. The number of aromatic nitrogens is 2. The van der Waals surface area contributed by atoms with Gasteiger partial charge in [-0.1, -0.05) is 30.5 Å². The van der Waals surface area contributed by atoms with Gasteiger partial charge in [-0.15, -0.1) is 11.3 Å². The zero-order chi connectivity index (χ0) is 24.5. The molecule has 0 spiro atoms. The minimum absolute atomic E-state index is 0.0484. The van der Waals surface area contributed by atoms with Crippen molar-refractivity contribution in [2.24, 2.45) is 0 Å². The second-order valence-electron chi connectivity index (χ2n) is 9.54. The molecule has 1 aliphatic carbocycles. The zero-order valence-electron chi connectivity index (χ0n) is 20.9. The van der Waals surface area contributed by atoms with Crippen LogP contribution in [-0.2, 0) is 19.4 Å². The van der Waals surface area contributed by atoms with E-state index in [9.17, 15) is 4.79 Å². The summed E-state index contributed by atoms with van der Waals surface area (Å²) in [5.41, 5.74) is 6.85. The van der Waals surface area contributed by atoms with Gasteiger partial charge >= 0.3 is 0 Å². The molecule has 0 amide bonds. The maximum Gasteiger partial charge on any atom is 0.260 e. The number of rotatable bonds is 5. The van der Waals surface area contributed by atoms with Gasteiger partial charge in [0.2, 0.25) is 0 Å². The third-order valence-electron chi connectivity index (χ3n) is 6.97. The van der Waals surface area contributed by atoms with Gasteiger partial charge in [0.05, 0.1) is 12.5 Å². The van der Waals surface area contributed by atoms with Gasteiger partial charge in [-0.2, -0.15) is 0 Å². The summed E-state index contributed by atoms with van der Waals surface area (Å²) >= 11 is 1.68. The average molecular weight is 489 g/mol. The number of nitrogens with zero attached hydrogens (tertiary/aromatic N) is 1. The molecule has 0 bridgehead atoms. The molecule has 0 aliphatic heterocycles. The Morgan fingerprint density at radius 1 is 0.971 bits per heavy atom. The molecule has 5 nitrogen and oxygen atoms in total. The molecular weight excluding hydrogens is 456 g/mol. The summed E-state index contributed by atoms with van der Waals surface area (Å²) in [6.45, 7) is 6.80. The minimum Gasteiger partial charge on any atom is -0.493 e. The Kier molecular flexibility index (Phi) is 6.65. The first-order chi connectivity index (χ1) is 16.9. The van der Waals surface area contributed by atoms with Crippen LogP contribution in [0.1, 0.15) is 58.4 Å². The van der Waals surface area contributed by atoms with Crippen molar-refractivity contribution in [3.63, 3.8) is 0 Å². The number of hydrogen-bond acceptors (Lipinski definition) is 5. The first kappa shape index (κ1) is 23.6. The number of nitrogens with one attached hydrogen (secondary N) is 1. The fourth-order valence-corrected chi connectivity index (χ4v) is 6.44. The molecule has 182 valence electrons. The predicted octanol–water partition coefficient (Wildman–Crippen LogP) is 6.82. The summed E-state index contributed by atoms with van der Waals surface area (Å²) in [6.07, 6.45) is 6.84. The minimum atomic E-state index is -0.0484. The Morgan fingerprint density at radius 2 is 1.71 bits per heavy atom. The fraction of sp³-hybridized carbons (Fsp3) is 0.379. The van der Waals surface area contributed by atoms with Crippen LogP contribution in [0.4, 0.5) is 0 Å². The highest BCUT2D eigenvalue weighted by atomic mass is 32.1. The fourth-order valence-electron chi connectivity index (χ4n) is 5.18. The summed E-state index contributed by atoms with van der Waals surface area (Å²) in [5.74, 6) is 1.84. The van der Waals surface area contributed by atoms with Crippen molar-refractivity contribution >= 4 is 21.6 Å². The van der Waals surface area contributed by atoms with E-state index in [0.29, 0.717) is 23.9 Å². The number of H-pyrrole nitrogens is 1. The molecule has 1 aliphatic rings. The van der Waals surface area contributed by atoms with Gasteiger partial charge in [-0.3, -0.25) is 4.79 Å². The molecule has 35 heavy (non-hydrogen) atoms. The molecule has 0 radical (unpaired) electrons. The van der Waals surface area contributed by atoms with Crippen LogP contribution in [0.15, 0.2) is 35.1 Å². The number of thiophene rings is 1. The Labute approximate surface area is 210 Å². The molecule has 2 heterocycles. The highest BCUT2D eigenvalue weighted by molar-refractivity contribution is 7.18. The van der Waals surface area contributed by atoms with Gasteiger partial charge in [0, 0.05) is 10.4 Å². The van der Waals surface area contributed by atoms with Crippen LogP contribution in [0.25, 0.3) is 21.6 Å². The van der Waals surface area contributed by atoms with Crippen molar-refractivity contribution in [3.05, 3.63) is 73.4 Å². The SMILES string of the molecule is COc1cc(-c2nc3sc4c(c3c(=O)[nH]2)CCCCCC4)ccc1OCc1c(C)cc(C)cc1C. The second kappa shape index (κ2) is 9.86. The number of fused-ring (bicyclic) bond motifs is 3. The van der Waals surface area contributed by atoms with E-state index in [0.717, 1.165) is 35.0 Å². The number of hydrogen-bond donors (Lipinski definition) is 1. The van der Waals surface area contributed by atoms with Crippen LogP contribution in [0.2, 0.25) is 0 Å². The Morgan fingerprint density at radius 3 is 2.46 bits per heavy atom. The van der Waals surface area contributed by atoms with Crippen LogP contribution in [-0.4, -0.2) is 17.1 Å². The first-order valence-corrected chi connectivity index (χ1v) is 13.2. The molecule has 0 unspecified atom stereocenters. The molecule has 1 N–H and O–H groups in total. The van der Waals surface area contributed by atoms with Crippen molar-refractivity contribution in [2.45, 2.75) is 65.9 Å². The molecule has 0 fully saturated rings. The maximum atomic E-state index is 13.1. The molecule has 4 aromatic rings. The van der Waals surface area contributed by atoms with Crippen LogP contribution in [0.3, 0.4) is 0 Å². The number of methoxy groups -OCH3 is 1. The topological polar surface area (TPSA) is 64.2 Å². The van der Waals surface area contributed by atoms with Gasteiger partial charge < -0.3 is 14.5 Å². The van der Waals surface area contributed by atoms with Gasteiger partial charge in [-0.05, 0) is 86.9 Å². The number of aryl methyl sites for hydroxylation is 5. The normalized spacial score (nSPS) is 13.8. The molecule has 2 aromatic heterocycles. The second-order valence-corrected chi connectivity index (χ2v) is 10.6. The molecule has 0 saturated carbocycles. The quantitative estimate of drug-likeness (QED) is 0.335. The van der Waals surface area contributed by atoms with E-state index in [1.54, 1.807) is 18.4 Å². The van der Waals surface area contributed by atoms with E-state index in [1.807, 2.05) is 18.2 Å². The van der Waals surface area contributed by atoms with E-state index in [1.165, 1.54) is 52.0 Å². The van der Waals surface area contributed by atoms with Gasteiger partial charge in [0.1, 0.15) is 17.3 Å². The number of ether oxygens (including phenoxy) is 2.